The van der Waals surface area contributed by atoms with Crippen molar-refractivity contribution in [3.8, 4) is 5.75 Å². The summed E-state index contributed by atoms with van der Waals surface area (Å²) in [5.74, 6) is 0.856. The second-order valence-corrected chi connectivity index (χ2v) is 4.46. The largest absolute Gasteiger partial charge is 0.496 e. The fourth-order valence-corrected chi connectivity index (χ4v) is 1.89. The standard InChI is InChI=1S/C14H18N2O2/c1-10-4-5-14(18-3)12(6-10)8-16-9-13(7-15-16)11(2)17/h4-7,9,11,17H,8H2,1-3H3. The number of nitrogens with zero attached hydrogens (tertiary/aromatic N) is 2. The Morgan fingerprint density at radius 2 is 2.22 bits per heavy atom. The van der Waals surface area contributed by atoms with Crippen LogP contribution in [0.4, 0.5) is 0 Å². The van der Waals surface area contributed by atoms with Crippen LogP contribution in [0.3, 0.4) is 0 Å². The number of aryl methyl sites for hydroxylation is 1. The molecule has 4 nitrogen and oxygen atoms in total. The Kier molecular flexibility index (Phi) is 3.67. The summed E-state index contributed by atoms with van der Waals surface area (Å²) >= 11 is 0. The molecule has 4 heteroatoms. The molecule has 18 heavy (non-hydrogen) atoms. The summed E-state index contributed by atoms with van der Waals surface area (Å²) < 4.78 is 7.14. The van der Waals surface area contributed by atoms with E-state index in [9.17, 15) is 5.11 Å². The zero-order chi connectivity index (χ0) is 13.1. The minimum Gasteiger partial charge on any atom is -0.496 e. The van der Waals surface area contributed by atoms with Gasteiger partial charge in [-0.1, -0.05) is 17.7 Å². The lowest BCUT2D eigenvalue weighted by atomic mass is 10.1. The van der Waals surface area contributed by atoms with E-state index in [2.05, 4.69) is 11.2 Å². The fourth-order valence-electron chi connectivity index (χ4n) is 1.89. The van der Waals surface area contributed by atoms with Crippen molar-refractivity contribution in [2.24, 2.45) is 0 Å². The van der Waals surface area contributed by atoms with Gasteiger partial charge in [0.15, 0.2) is 0 Å². The van der Waals surface area contributed by atoms with Crippen molar-refractivity contribution in [1.29, 1.82) is 0 Å². The van der Waals surface area contributed by atoms with E-state index in [1.54, 1.807) is 24.9 Å². The molecule has 0 amide bonds. The van der Waals surface area contributed by atoms with Crippen molar-refractivity contribution >= 4 is 0 Å². The van der Waals surface area contributed by atoms with Gasteiger partial charge in [-0.25, -0.2) is 0 Å². The lowest BCUT2D eigenvalue weighted by Gasteiger charge is -2.09. The molecule has 2 aromatic rings. The van der Waals surface area contributed by atoms with Gasteiger partial charge in [0, 0.05) is 17.3 Å². The van der Waals surface area contributed by atoms with Crippen LogP contribution < -0.4 is 4.74 Å². The zero-order valence-electron chi connectivity index (χ0n) is 10.9. The molecule has 0 aliphatic heterocycles. The van der Waals surface area contributed by atoms with Crippen molar-refractivity contribution < 1.29 is 9.84 Å². The maximum absolute atomic E-state index is 9.47. The Morgan fingerprint density at radius 1 is 1.44 bits per heavy atom. The highest BCUT2D eigenvalue weighted by molar-refractivity contribution is 5.37. The van der Waals surface area contributed by atoms with Gasteiger partial charge in [-0.3, -0.25) is 4.68 Å². The highest BCUT2D eigenvalue weighted by Crippen LogP contribution is 2.21. The van der Waals surface area contributed by atoms with Crippen LogP contribution in [-0.4, -0.2) is 22.0 Å². The number of benzene rings is 1. The first-order valence-electron chi connectivity index (χ1n) is 5.94. The van der Waals surface area contributed by atoms with E-state index in [1.807, 2.05) is 25.3 Å². The van der Waals surface area contributed by atoms with E-state index in [4.69, 9.17) is 4.74 Å². The number of hydrogen-bond donors (Lipinski definition) is 1. The van der Waals surface area contributed by atoms with E-state index >= 15 is 0 Å². The summed E-state index contributed by atoms with van der Waals surface area (Å²) in [6, 6.07) is 6.07. The van der Waals surface area contributed by atoms with Crippen LogP contribution in [0.2, 0.25) is 0 Å². The lowest BCUT2D eigenvalue weighted by Crippen LogP contribution is -2.02. The lowest BCUT2D eigenvalue weighted by molar-refractivity contribution is 0.199. The second kappa shape index (κ2) is 5.23. The van der Waals surface area contributed by atoms with Gasteiger partial charge in [0.2, 0.25) is 0 Å². The van der Waals surface area contributed by atoms with Crippen LogP contribution >= 0.6 is 0 Å². The predicted octanol–water partition coefficient (Wildman–Crippen LogP) is 2.30. The smallest absolute Gasteiger partial charge is 0.123 e. The van der Waals surface area contributed by atoms with E-state index in [0.29, 0.717) is 6.54 Å². The molecule has 0 radical (unpaired) electrons. The SMILES string of the molecule is COc1ccc(C)cc1Cn1cc(C(C)O)cn1. The number of methoxy groups -OCH3 is 1. The first-order valence-corrected chi connectivity index (χ1v) is 5.94. The monoisotopic (exact) mass is 246 g/mol. The van der Waals surface area contributed by atoms with Gasteiger partial charge in [-0.15, -0.1) is 0 Å². The molecule has 0 aliphatic rings. The third-order valence-corrected chi connectivity index (χ3v) is 2.90. The zero-order valence-corrected chi connectivity index (χ0v) is 10.9. The topological polar surface area (TPSA) is 47.3 Å². The van der Waals surface area contributed by atoms with Crippen molar-refractivity contribution in [1.82, 2.24) is 9.78 Å². The molecule has 2 rings (SSSR count). The Bertz CT molecular complexity index is 532. The highest BCUT2D eigenvalue weighted by Gasteiger charge is 2.07. The predicted molar refractivity (Wildman–Crippen MR) is 69.7 cm³/mol. The number of aliphatic hydroxyl groups excluding tert-OH is 1. The molecule has 1 unspecified atom stereocenters. The third-order valence-electron chi connectivity index (χ3n) is 2.90. The number of aromatic nitrogens is 2. The van der Waals surface area contributed by atoms with Gasteiger partial charge in [0.05, 0.1) is 26.0 Å². The second-order valence-electron chi connectivity index (χ2n) is 4.46. The molecule has 1 heterocycles. The highest BCUT2D eigenvalue weighted by atomic mass is 16.5. The molecular weight excluding hydrogens is 228 g/mol. The molecule has 0 saturated carbocycles. The molecule has 0 saturated heterocycles. The van der Waals surface area contributed by atoms with E-state index in [0.717, 1.165) is 16.9 Å². The summed E-state index contributed by atoms with van der Waals surface area (Å²) in [6.45, 7) is 4.42. The Morgan fingerprint density at radius 3 is 2.83 bits per heavy atom. The number of ether oxygens (including phenoxy) is 1. The van der Waals surface area contributed by atoms with Crippen molar-refractivity contribution in [3.05, 3.63) is 47.3 Å². The third kappa shape index (κ3) is 2.71. The number of aliphatic hydroxyl groups is 1. The molecule has 1 aromatic carbocycles. The van der Waals surface area contributed by atoms with Gasteiger partial charge in [-0.05, 0) is 19.9 Å². The van der Waals surface area contributed by atoms with Crippen LogP contribution in [0.5, 0.6) is 5.75 Å². The van der Waals surface area contributed by atoms with Gasteiger partial charge in [-0.2, -0.15) is 5.10 Å². The summed E-state index contributed by atoms with van der Waals surface area (Å²) in [4.78, 5) is 0. The fraction of sp³-hybridized carbons (Fsp3) is 0.357. The molecule has 96 valence electrons. The molecule has 1 aromatic heterocycles. The minimum atomic E-state index is -0.488. The van der Waals surface area contributed by atoms with Crippen molar-refractivity contribution in [3.63, 3.8) is 0 Å². The molecule has 0 aliphatic carbocycles. The van der Waals surface area contributed by atoms with E-state index in [-0.39, 0.29) is 0 Å². The summed E-state index contributed by atoms with van der Waals surface area (Å²) in [5.41, 5.74) is 3.09. The first kappa shape index (κ1) is 12.6. The quantitative estimate of drug-likeness (QED) is 0.900. The van der Waals surface area contributed by atoms with Crippen LogP contribution in [0.15, 0.2) is 30.6 Å². The first-order chi connectivity index (χ1) is 8.60. The molecule has 1 N–H and O–H groups in total. The maximum Gasteiger partial charge on any atom is 0.123 e. The summed E-state index contributed by atoms with van der Waals surface area (Å²) in [7, 11) is 1.67. The summed E-state index contributed by atoms with van der Waals surface area (Å²) in [5, 5.41) is 13.7. The van der Waals surface area contributed by atoms with Crippen LogP contribution in [0.1, 0.15) is 29.7 Å². The molecular formula is C14H18N2O2. The number of rotatable bonds is 4. The van der Waals surface area contributed by atoms with Crippen molar-refractivity contribution in [2.45, 2.75) is 26.5 Å². The molecule has 0 spiro atoms. The normalized spacial score (nSPS) is 12.4. The Hall–Kier alpha value is -1.81. The Balaban J connectivity index is 2.24. The van der Waals surface area contributed by atoms with Crippen molar-refractivity contribution in [2.75, 3.05) is 7.11 Å². The average molecular weight is 246 g/mol. The molecule has 0 fully saturated rings. The summed E-state index contributed by atoms with van der Waals surface area (Å²) in [6.07, 6.45) is 3.05. The molecule has 0 bridgehead atoms. The molecule has 1 atom stereocenters. The Labute approximate surface area is 107 Å². The average Bonchev–Trinajstić information content (AvgIpc) is 2.78. The minimum absolute atomic E-state index is 0.488. The van der Waals surface area contributed by atoms with Crippen LogP contribution in [0.25, 0.3) is 0 Å². The van der Waals surface area contributed by atoms with Gasteiger partial charge in [0.1, 0.15) is 5.75 Å². The van der Waals surface area contributed by atoms with Crippen LogP contribution in [0, 0.1) is 6.92 Å². The maximum atomic E-state index is 9.47. The van der Waals surface area contributed by atoms with E-state index in [1.165, 1.54) is 5.56 Å². The van der Waals surface area contributed by atoms with Gasteiger partial charge in [0.25, 0.3) is 0 Å². The van der Waals surface area contributed by atoms with Gasteiger partial charge >= 0.3 is 0 Å². The van der Waals surface area contributed by atoms with Crippen LogP contribution in [-0.2, 0) is 6.54 Å². The van der Waals surface area contributed by atoms with E-state index < -0.39 is 6.10 Å². The van der Waals surface area contributed by atoms with Gasteiger partial charge < -0.3 is 9.84 Å². The number of hydrogen-bond acceptors (Lipinski definition) is 3.